The van der Waals surface area contributed by atoms with E-state index in [4.69, 9.17) is 4.74 Å². The normalized spacial score (nSPS) is 14.6. The number of likely N-dealkylation sites (tertiary alicyclic amines) is 1. The highest BCUT2D eigenvalue weighted by Crippen LogP contribution is 2.22. The molecular weight excluding hydrogens is 499 g/mol. The molecule has 9 heteroatoms. The van der Waals surface area contributed by atoms with Crippen molar-refractivity contribution in [1.29, 1.82) is 0 Å². The van der Waals surface area contributed by atoms with Crippen LogP contribution in [0.15, 0.2) is 60.9 Å². The van der Waals surface area contributed by atoms with E-state index in [2.05, 4.69) is 10.4 Å². The van der Waals surface area contributed by atoms with Gasteiger partial charge >= 0.3 is 5.97 Å². The highest BCUT2D eigenvalue weighted by atomic mass is 19.1. The Labute approximate surface area is 228 Å². The monoisotopic (exact) mass is 534 g/mol. The number of nitrogens with one attached hydrogen (secondary N) is 1. The molecule has 1 unspecified atom stereocenters. The van der Waals surface area contributed by atoms with E-state index in [0.29, 0.717) is 38.8 Å². The van der Waals surface area contributed by atoms with E-state index in [9.17, 15) is 18.8 Å². The minimum absolute atomic E-state index is 0.0439. The number of hydrogen-bond acceptors (Lipinski definition) is 5. The van der Waals surface area contributed by atoms with Gasteiger partial charge in [0.25, 0.3) is 0 Å². The van der Waals surface area contributed by atoms with Gasteiger partial charge in [-0.1, -0.05) is 36.4 Å². The first-order chi connectivity index (χ1) is 18.8. The molecule has 206 valence electrons. The van der Waals surface area contributed by atoms with E-state index in [1.807, 2.05) is 48.5 Å². The molecule has 3 aromatic rings. The van der Waals surface area contributed by atoms with Gasteiger partial charge in [-0.25, -0.2) is 9.18 Å². The van der Waals surface area contributed by atoms with Crippen LogP contribution < -0.4 is 5.32 Å². The second-order valence-electron chi connectivity index (χ2n) is 10.1. The number of amides is 2. The van der Waals surface area contributed by atoms with E-state index in [-0.39, 0.29) is 23.5 Å². The fourth-order valence-corrected chi connectivity index (χ4v) is 4.98. The van der Waals surface area contributed by atoms with E-state index < -0.39 is 12.0 Å². The van der Waals surface area contributed by atoms with Gasteiger partial charge in [0, 0.05) is 51.2 Å². The molecule has 0 saturated carbocycles. The first-order valence-electron chi connectivity index (χ1n) is 13.3. The van der Waals surface area contributed by atoms with Crippen LogP contribution in [-0.4, -0.2) is 58.7 Å². The van der Waals surface area contributed by atoms with Gasteiger partial charge in [-0.3, -0.25) is 14.3 Å². The number of methoxy groups -OCH3 is 1. The maximum Gasteiger partial charge on any atom is 0.328 e. The molecule has 39 heavy (non-hydrogen) atoms. The molecule has 2 heterocycles. The number of hydrogen-bond donors (Lipinski definition) is 1. The van der Waals surface area contributed by atoms with Crippen LogP contribution in [0, 0.1) is 11.7 Å². The molecule has 8 nitrogen and oxygen atoms in total. The zero-order valence-corrected chi connectivity index (χ0v) is 22.4. The molecule has 1 aliphatic rings. The fourth-order valence-electron chi connectivity index (χ4n) is 4.98. The van der Waals surface area contributed by atoms with Crippen molar-refractivity contribution in [2.75, 3.05) is 20.2 Å². The van der Waals surface area contributed by atoms with Crippen LogP contribution in [0.25, 0.3) is 11.1 Å². The third kappa shape index (κ3) is 7.99. The summed E-state index contributed by atoms with van der Waals surface area (Å²) in [6.45, 7) is 1.17. The number of esters is 1. The van der Waals surface area contributed by atoms with Gasteiger partial charge in [0.15, 0.2) is 0 Å². The number of ether oxygens (including phenoxy) is 1. The zero-order valence-electron chi connectivity index (χ0n) is 22.4. The highest BCUT2D eigenvalue weighted by molar-refractivity contribution is 5.85. The van der Waals surface area contributed by atoms with Crippen LogP contribution in [0.2, 0.25) is 0 Å². The lowest BCUT2D eigenvalue weighted by atomic mass is 9.92. The van der Waals surface area contributed by atoms with Crippen molar-refractivity contribution in [3.8, 4) is 11.1 Å². The summed E-state index contributed by atoms with van der Waals surface area (Å²) in [5, 5.41) is 7.04. The quantitative estimate of drug-likeness (QED) is 0.401. The average molecular weight is 535 g/mol. The topological polar surface area (TPSA) is 93.5 Å². The zero-order chi connectivity index (χ0) is 27.8. The third-order valence-electron chi connectivity index (χ3n) is 7.21. The molecule has 0 radical (unpaired) electrons. The Balaban J connectivity index is 1.24. The van der Waals surface area contributed by atoms with Gasteiger partial charge in [0.05, 0.1) is 13.3 Å². The second kappa shape index (κ2) is 13.2. The summed E-state index contributed by atoms with van der Waals surface area (Å²) < 4.78 is 20.0. The number of nitrogens with zero attached hydrogens (tertiary/aromatic N) is 3. The molecule has 2 aromatic carbocycles. The smallest absolute Gasteiger partial charge is 0.328 e. The standard InChI is InChI=1S/C30H35FN4O4/c1-34-20-25(19-32-34)24-9-6-22(7-10-24)17-27(30(38)39-2)33-28(36)18-23-12-14-35(15-13-23)29(37)11-8-21-4-3-5-26(31)16-21/h3-7,9-10,16,19-20,23,27H,8,11-15,17-18H2,1-2H3,(H,33,36). The largest absolute Gasteiger partial charge is 0.467 e. The molecule has 1 N–H and O–H groups in total. The Morgan fingerprint density at radius 1 is 1.08 bits per heavy atom. The van der Waals surface area contributed by atoms with Crippen molar-refractivity contribution in [3.05, 3.63) is 77.9 Å². The van der Waals surface area contributed by atoms with E-state index in [1.165, 1.54) is 19.2 Å². The first-order valence-corrected chi connectivity index (χ1v) is 13.3. The SMILES string of the molecule is COC(=O)C(Cc1ccc(-c2cnn(C)c2)cc1)NC(=O)CC1CCN(C(=O)CCc2cccc(F)c2)CC1. The lowest BCUT2D eigenvalue weighted by Crippen LogP contribution is -2.44. The summed E-state index contributed by atoms with van der Waals surface area (Å²) in [4.78, 5) is 39.7. The summed E-state index contributed by atoms with van der Waals surface area (Å²) in [6.07, 6.45) is 6.61. The number of halogens is 1. The molecule has 0 bridgehead atoms. The molecule has 1 aromatic heterocycles. The molecule has 1 fully saturated rings. The Hall–Kier alpha value is -4.01. The summed E-state index contributed by atoms with van der Waals surface area (Å²) in [6, 6.07) is 13.3. The predicted molar refractivity (Wildman–Crippen MR) is 145 cm³/mol. The van der Waals surface area contributed by atoms with Crippen LogP contribution in [0.4, 0.5) is 4.39 Å². The van der Waals surface area contributed by atoms with Crippen LogP contribution >= 0.6 is 0 Å². The maximum atomic E-state index is 13.4. The van der Waals surface area contributed by atoms with Gasteiger partial charge in [0.1, 0.15) is 11.9 Å². The minimum Gasteiger partial charge on any atom is -0.467 e. The van der Waals surface area contributed by atoms with E-state index in [1.54, 1.807) is 16.9 Å². The van der Waals surface area contributed by atoms with Crippen molar-refractivity contribution in [2.45, 2.75) is 44.6 Å². The summed E-state index contributed by atoms with van der Waals surface area (Å²) in [5.41, 5.74) is 3.73. The summed E-state index contributed by atoms with van der Waals surface area (Å²) in [7, 11) is 3.18. The van der Waals surface area contributed by atoms with Gasteiger partial charge in [-0.2, -0.15) is 5.10 Å². The molecule has 4 rings (SSSR count). The van der Waals surface area contributed by atoms with Crippen molar-refractivity contribution in [3.63, 3.8) is 0 Å². The lowest BCUT2D eigenvalue weighted by Gasteiger charge is -2.32. The Bertz CT molecular complexity index is 1280. The maximum absolute atomic E-state index is 13.4. The molecule has 1 saturated heterocycles. The van der Waals surface area contributed by atoms with E-state index in [0.717, 1.165) is 35.1 Å². The molecular formula is C30H35FN4O4. The number of piperidine rings is 1. The molecule has 0 spiro atoms. The molecule has 2 amide bonds. The van der Waals surface area contributed by atoms with Crippen molar-refractivity contribution < 1.29 is 23.5 Å². The van der Waals surface area contributed by atoms with Gasteiger partial charge in [-0.15, -0.1) is 0 Å². The Kier molecular flexibility index (Phi) is 9.46. The number of benzene rings is 2. The molecule has 1 aliphatic heterocycles. The average Bonchev–Trinajstić information content (AvgIpc) is 3.38. The fraction of sp³-hybridized carbons (Fsp3) is 0.400. The number of carbonyl (C=O) groups is 3. The van der Waals surface area contributed by atoms with Gasteiger partial charge in [-0.05, 0) is 54.0 Å². The number of aryl methyl sites for hydroxylation is 2. The van der Waals surface area contributed by atoms with Crippen LogP contribution in [0.1, 0.15) is 36.8 Å². The second-order valence-corrected chi connectivity index (χ2v) is 10.1. The van der Waals surface area contributed by atoms with Crippen molar-refractivity contribution in [2.24, 2.45) is 13.0 Å². The Morgan fingerprint density at radius 3 is 2.46 bits per heavy atom. The van der Waals surface area contributed by atoms with Crippen molar-refractivity contribution >= 4 is 17.8 Å². The minimum atomic E-state index is -0.781. The number of rotatable bonds is 10. The van der Waals surface area contributed by atoms with Gasteiger partial charge < -0.3 is 15.0 Å². The highest BCUT2D eigenvalue weighted by Gasteiger charge is 2.27. The first kappa shape index (κ1) is 28.0. The third-order valence-corrected chi connectivity index (χ3v) is 7.21. The van der Waals surface area contributed by atoms with Crippen LogP contribution in [0.5, 0.6) is 0 Å². The van der Waals surface area contributed by atoms with Crippen LogP contribution in [-0.2, 0) is 39.0 Å². The predicted octanol–water partition coefficient (Wildman–Crippen LogP) is 3.69. The summed E-state index contributed by atoms with van der Waals surface area (Å²) in [5.74, 6) is -0.810. The van der Waals surface area contributed by atoms with E-state index >= 15 is 0 Å². The lowest BCUT2D eigenvalue weighted by molar-refractivity contribution is -0.145. The summed E-state index contributed by atoms with van der Waals surface area (Å²) >= 11 is 0. The molecule has 1 atom stereocenters. The Morgan fingerprint density at radius 2 is 1.82 bits per heavy atom. The molecule has 0 aliphatic carbocycles. The number of carbonyl (C=O) groups excluding carboxylic acids is 3. The number of aromatic nitrogens is 2. The van der Waals surface area contributed by atoms with Crippen molar-refractivity contribution in [1.82, 2.24) is 20.0 Å². The van der Waals surface area contributed by atoms with Crippen LogP contribution in [0.3, 0.4) is 0 Å². The van der Waals surface area contributed by atoms with Gasteiger partial charge in [0.2, 0.25) is 11.8 Å².